The summed E-state index contributed by atoms with van der Waals surface area (Å²) in [6, 6.07) is 1.79. The van der Waals surface area contributed by atoms with Gasteiger partial charge in [-0.3, -0.25) is 14.2 Å². The van der Waals surface area contributed by atoms with Gasteiger partial charge < -0.3 is 11.1 Å². The van der Waals surface area contributed by atoms with Crippen LogP contribution in [0.5, 0.6) is 0 Å². The smallest absolute Gasteiger partial charge is 0.271 e. The maximum Gasteiger partial charge on any atom is 0.271 e. The molecule has 7 nitrogen and oxygen atoms in total. The fourth-order valence-electron chi connectivity index (χ4n) is 1.97. The number of nitrogens with one attached hydrogen (secondary N) is 1. The van der Waals surface area contributed by atoms with Crippen molar-refractivity contribution in [2.75, 3.05) is 5.73 Å². The maximum atomic E-state index is 12.2. The van der Waals surface area contributed by atoms with Crippen LogP contribution in [0, 0.1) is 6.92 Å². The molecule has 0 aromatic carbocycles. The van der Waals surface area contributed by atoms with E-state index in [1.807, 2.05) is 19.2 Å². The summed E-state index contributed by atoms with van der Waals surface area (Å²) in [5, 5.41) is 11.1. The van der Waals surface area contributed by atoms with Gasteiger partial charge in [-0.25, -0.2) is 0 Å². The van der Waals surface area contributed by atoms with Gasteiger partial charge in [0.25, 0.3) is 5.91 Å². The molecule has 2 heterocycles. The van der Waals surface area contributed by atoms with Crippen LogP contribution in [0.3, 0.4) is 0 Å². The Hall–Kier alpha value is -2.31. The van der Waals surface area contributed by atoms with Crippen LogP contribution in [-0.4, -0.2) is 31.5 Å². The van der Waals surface area contributed by atoms with E-state index in [-0.39, 0.29) is 11.9 Å². The molecule has 0 radical (unpaired) electrons. The highest BCUT2D eigenvalue weighted by Crippen LogP contribution is 2.15. The molecular formula is C12H18N6O. The Morgan fingerprint density at radius 1 is 1.58 bits per heavy atom. The summed E-state index contributed by atoms with van der Waals surface area (Å²) in [5.74, 6) is -0.222. The number of amides is 1. The van der Waals surface area contributed by atoms with Crippen molar-refractivity contribution in [3.05, 3.63) is 29.8 Å². The van der Waals surface area contributed by atoms with E-state index in [9.17, 15) is 4.79 Å². The Kier molecular flexibility index (Phi) is 3.55. The number of aryl methyl sites for hydroxylation is 2. The van der Waals surface area contributed by atoms with Gasteiger partial charge in [0.2, 0.25) is 0 Å². The number of carbonyl (C=O) groups is 1. The van der Waals surface area contributed by atoms with E-state index in [1.165, 1.54) is 4.68 Å². The summed E-state index contributed by atoms with van der Waals surface area (Å²) in [4.78, 5) is 12.2. The first-order valence-corrected chi connectivity index (χ1v) is 6.06. The summed E-state index contributed by atoms with van der Waals surface area (Å²) in [6.45, 7) is 4.30. The molecule has 0 spiro atoms. The van der Waals surface area contributed by atoms with Gasteiger partial charge in [0.1, 0.15) is 5.69 Å². The predicted octanol–water partition coefficient (Wildman–Crippen LogP) is 0.326. The number of hydrogen-bond acceptors (Lipinski definition) is 4. The molecule has 3 N–H and O–H groups in total. The quantitative estimate of drug-likeness (QED) is 0.830. The van der Waals surface area contributed by atoms with E-state index < -0.39 is 0 Å². The molecule has 1 atom stereocenters. The molecular weight excluding hydrogens is 244 g/mol. The minimum absolute atomic E-state index is 0.0537. The Balaban J connectivity index is 2.04. The van der Waals surface area contributed by atoms with Crippen molar-refractivity contribution in [3.8, 4) is 0 Å². The molecule has 0 saturated carbocycles. The second kappa shape index (κ2) is 5.13. The van der Waals surface area contributed by atoms with Crippen LogP contribution >= 0.6 is 0 Å². The fourth-order valence-corrected chi connectivity index (χ4v) is 1.97. The van der Waals surface area contributed by atoms with Crippen molar-refractivity contribution in [2.45, 2.75) is 26.4 Å². The zero-order valence-electron chi connectivity index (χ0n) is 11.3. The highest BCUT2D eigenvalue weighted by atomic mass is 16.2. The number of nitrogens with zero attached hydrogens (tertiary/aromatic N) is 4. The molecule has 0 aliphatic rings. The monoisotopic (exact) mass is 262 g/mol. The first kappa shape index (κ1) is 13.1. The van der Waals surface area contributed by atoms with E-state index >= 15 is 0 Å². The largest absolute Gasteiger partial charge is 0.395 e. The van der Waals surface area contributed by atoms with Gasteiger partial charge in [-0.05, 0) is 19.9 Å². The van der Waals surface area contributed by atoms with Crippen molar-refractivity contribution >= 4 is 11.6 Å². The lowest BCUT2D eigenvalue weighted by Crippen LogP contribution is -2.37. The third-order valence-electron chi connectivity index (χ3n) is 2.88. The van der Waals surface area contributed by atoms with Crippen molar-refractivity contribution < 1.29 is 4.79 Å². The zero-order valence-corrected chi connectivity index (χ0v) is 11.3. The first-order chi connectivity index (χ1) is 8.99. The highest BCUT2D eigenvalue weighted by Gasteiger charge is 2.19. The topological polar surface area (TPSA) is 90.8 Å². The molecule has 19 heavy (non-hydrogen) atoms. The summed E-state index contributed by atoms with van der Waals surface area (Å²) < 4.78 is 3.27. The Labute approximate surface area is 111 Å². The third kappa shape index (κ3) is 2.75. The van der Waals surface area contributed by atoms with E-state index in [0.29, 0.717) is 23.6 Å². The normalized spacial score (nSPS) is 12.4. The van der Waals surface area contributed by atoms with Crippen LogP contribution in [0.2, 0.25) is 0 Å². The average molecular weight is 262 g/mol. The van der Waals surface area contributed by atoms with Gasteiger partial charge in [0.05, 0.1) is 17.9 Å². The van der Waals surface area contributed by atoms with Crippen LogP contribution in [0.4, 0.5) is 5.69 Å². The van der Waals surface area contributed by atoms with Crippen LogP contribution in [-0.2, 0) is 13.6 Å². The molecule has 2 rings (SSSR count). The van der Waals surface area contributed by atoms with E-state index in [0.717, 1.165) is 0 Å². The van der Waals surface area contributed by atoms with E-state index in [1.54, 1.807) is 24.9 Å². The number of hydrogen-bond donors (Lipinski definition) is 2. The number of aromatic nitrogens is 4. The summed E-state index contributed by atoms with van der Waals surface area (Å²) in [5.41, 5.74) is 7.33. The maximum absolute atomic E-state index is 12.2. The lowest BCUT2D eigenvalue weighted by atomic mass is 10.2. The fraction of sp³-hybridized carbons (Fsp3) is 0.417. The lowest BCUT2D eigenvalue weighted by molar-refractivity contribution is 0.0927. The predicted molar refractivity (Wildman–Crippen MR) is 71.5 cm³/mol. The summed E-state index contributed by atoms with van der Waals surface area (Å²) in [6.07, 6.45) is 3.56. The van der Waals surface area contributed by atoms with Crippen molar-refractivity contribution in [1.29, 1.82) is 0 Å². The van der Waals surface area contributed by atoms with E-state index in [2.05, 4.69) is 15.5 Å². The van der Waals surface area contributed by atoms with Gasteiger partial charge in [-0.2, -0.15) is 10.2 Å². The Bertz CT molecular complexity index is 571. The minimum atomic E-state index is -0.222. The van der Waals surface area contributed by atoms with Gasteiger partial charge in [0, 0.05) is 25.5 Å². The zero-order chi connectivity index (χ0) is 14.0. The van der Waals surface area contributed by atoms with Crippen LogP contribution in [0.25, 0.3) is 0 Å². The van der Waals surface area contributed by atoms with Crippen molar-refractivity contribution in [1.82, 2.24) is 24.9 Å². The molecule has 0 aliphatic heterocycles. The van der Waals surface area contributed by atoms with Gasteiger partial charge >= 0.3 is 0 Å². The number of nitrogen functional groups attached to an aromatic ring is 1. The molecule has 1 amide bonds. The molecule has 0 bridgehead atoms. The SMILES string of the molecule is Cc1nn(C)c(C(=O)NC(C)Cn2cccn2)c1N. The van der Waals surface area contributed by atoms with Gasteiger partial charge in [-0.1, -0.05) is 0 Å². The molecule has 0 aliphatic carbocycles. The van der Waals surface area contributed by atoms with E-state index in [4.69, 9.17) is 5.73 Å². The van der Waals surface area contributed by atoms with Crippen LogP contribution < -0.4 is 11.1 Å². The highest BCUT2D eigenvalue weighted by molar-refractivity contribution is 5.98. The molecule has 7 heteroatoms. The molecule has 0 fully saturated rings. The number of rotatable bonds is 4. The van der Waals surface area contributed by atoms with Crippen molar-refractivity contribution in [2.24, 2.45) is 7.05 Å². The second-order valence-corrected chi connectivity index (χ2v) is 4.57. The standard InChI is InChI=1S/C12H18N6O/c1-8(7-18-6-4-5-14-18)15-12(19)11-10(13)9(2)16-17(11)3/h4-6,8H,7,13H2,1-3H3,(H,15,19). The number of carbonyl (C=O) groups excluding carboxylic acids is 1. The summed E-state index contributed by atoms with van der Waals surface area (Å²) >= 11 is 0. The first-order valence-electron chi connectivity index (χ1n) is 6.06. The Morgan fingerprint density at radius 2 is 2.32 bits per heavy atom. The number of anilines is 1. The van der Waals surface area contributed by atoms with Gasteiger partial charge in [0.15, 0.2) is 0 Å². The molecule has 2 aromatic rings. The molecule has 102 valence electrons. The van der Waals surface area contributed by atoms with Crippen LogP contribution in [0.1, 0.15) is 23.1 Å². The lowest BCUT2D eigenvalue weighted by Gasteiger charge is -2.14. The molecule has 0 saturated heterocycles. The molecule has 1 unspecified atom stereocenters. The minimum Gasteiger partial charge on any atom is -0.395 e. The second-order valence-electron chi connectivity index (χ2n) is 4.57. The number of nitrogens with two attached hydrogens (primary N) is 1. The van der Waals surface area contributed by atoms with Crippen molar-refractivity contribution in [3.63, 3.8) is 0 Å². The Morgan fingerprint density at radius 3 is 2.84 bits per heavy atom. The molecule has 2 aromatic heterocycles. The summed E-state index contributed by atoms with van der Waals surface area (Å²) in [7, 11) is 1.70. The van der Waals surface area contributed by atoms with Gasteiger partial charge in [-0.15, -0.1) is 0 Å². The van der Waals surface area contributed by atoms with Crippen LogP contribution in [0.15, 0.2) is 18.5 Å². The third-order valence-corrected chi connectivity index (χ3v) is 2.88. The average Bonchev–Trinajstić information content (AvgIpc) is 2.88.